The molecule has 0 saturated heterocycles. The summed E-state index contributed by atoms with van der Waals surface area (Å²) in [5, 5.41) is 4.94. The molecule has 3 N–H and O–H groups in total. The van der Waals surface area contributed by atoms with Gasteiger partial charge in [0.25, 0.3) is 5.91 Å². The summed E-state index contributed by atoms with van der Waals surface area (Å²) in [6.45, 7) is 0.549. The Bertz CT molecular complexity index is 1930. The number of nitrogens with two attached hydrogens (primary N) is 1. The van der Waals surface area contributed by atoms with Crippen molar-refractivity contribution in [1.29, 1.82) is 0 Å². The number of amides is 3. The SMILES string of the molecule is CN(C(=O)c1cccc(CN)c1)[C@H](Cc1ccc2ccccc2c1)C(=O)N(C)[C@H](Cc1ccc(F)c(F)c1)C(=O)NCCc1ccccc1. The third-order valence-electron chi connectivity index (χ3n) is 8.81. The predicted molar refractivity (Wildman–Crippen MR) is 188 cm³/mol. The van der Waals surface area contributed by atoms with E-state index in [0.717, 1.165) is 39.6 Å². The molecule has 5 aromatic rings. The van der Waals surface area contributed by atoms with E-state index < -0.39 is 35.5 Å². The van der Waals surface area contributed by atoms with Gasteiger partial charge in [-0.15, -0.1) is 0 Å². The number of nitrogens with zero attached hydrogens (tertiary/aromatic N) is 2. The van der Waals surface area contributed by atoms with Gasteiger partial charge in [-0.2, -0.15) is 0 Å². The van der Waals surface area contributed by atoms with E-state index in [1.165, 1.54) is 22.9 Å². The maximum atomic E-state index is 14.6. The van der Waals surface area contributed by atoms with Crippen LogP contribution in [0.2, 0.25) is 0 Å². The highest BCUT2D eigenvalue weighted by Gasteiger charge is 2.35. The van der Waals surface area contributed by atoms with E-state index in [1.807, 2.05) is 78.9 Å². The number of hydrogen-bond donors (Lipinski definition) is 2. The molecule has 0 aromatic heterocycles. The van der Waals surface area contributed by atoms with Gasteiger partial charge in [0.15, 0.2) is 11.6 Å². The minimum Gasteiger partial charge on any atom is -0.354 e. The highest BCUT2D eigenvalue weighted by atomic mass is 19.2. The summed E-state index contributed by atoms with van der Waals surface area (Å²) in [5.74, 6) is -3.37. The molecule has 7 nitrogen and oxygen atoms in total. The molecule has 0 unspecified atom stereocenters. The normalized spacial score (nSPS) is 12.3. The largest absolute Gasteiger partial charge is 0.354 e. The number of benzene rings is 5. The highest BCUT2D eigenvalue weighted by molar-refractivity contribution is 5.98. The van der Waals surface area contributed by atoms with Gasteiger partial charge < -0.3 is 20.9 Å². The van der Waals surface area contributed by atoms with Crippen molar-refractivity contribution in [2.45, 2.75) is 37.9 Å². The lowest BCUT2D eigenvalue weighted by Crippen LogP contribution is -2.56. The molecule has 49 heavy (non-hydrogen) atoms. The second-order valence-corrected chi connectivity index (χ2v) is 12.2. The smallest absolute Gasteiger partial charge is 0.254 e. The van der Waals surface area contributed by atoms with Gasteiger partial charge in [0, 0.05) is 45.6 Å². The van der Waals surface area contributed by atoms with Crippen molar-refractivity contribution in [3.63, 3.8) is 0 Å². The van der Waals surface area contributed by atoms with Crippen LogP contribution in [0, 0.1) is 11.6 Å². The average Bonchev–Trinajstić information content (AvgIpc) is 3.13. The van der Waals surface area contributed by atoms with Gasteiger partial charge in [0.1, 0.15) is 12.1 Å². The zero-order valence-electron chi connectivity index (χ0n) is 27.6. The fourth-order valence-electron chi connectivity index (χ4n) is 5.93. The van der Waals surface area contributed by atoms with Crippen LogP contribution in [-0.2, 0) is 35.4 Å². The van der Waals surface area contributed by atoms with E-state index in [9.17, 15) is 23.2 Å². The van der Waals surface area contributed by atoms with E-state index in [1.54, 1.807) is 25.2 Å². The van der Waals surface area contributed by atoms with E-state index >= 15 is 0 Å². The molecule has 0 radical (unpaired) electrons. The third-order valence-corrected chi connectivity index (χ3v) is 8.81. The first-order chi connectivity index (χ1) is 23.6. The molecule has 252 valence electrons. The summed E-state index contributed by atoms with van der Waals surface area (Å²) in [4.78, 5) is 44.9. The fraction of sp³-hybridized carbons (Fsp3) is 0.225. The number of nitrogens with one attached hydrogen (secondary N) is 1. The Balaban J connectivity index is 1.46. The Morgan fingerprint density at radius 1 is 0.653 bits per heavy atom. The number of hydrogen-bond acceptors (Lipinski definition) is 4. The number of rotatable bonds is 13. The van der Waals surface area contributed by atoms with Gasteiger partial charge in [-0.1, -0.05) is 91.0 Å². The maximum absolute atomic E-state index is 14.6. The summed E-state index contributed by atoms with van der Waals surface area (Å²) >= 11 is 0. The van der Waals surface area contributed by atoms with Crippen molar-refractivity contribution in [2.24, 2.45) is 5.73 Å². The Hall–Kier alpha value is -5.41. The first-order valence-electron chi connectivity index (χ1n) is 16.2. The number of likely N-dealkylation sites (N-methyl/N-ethyl adjacent to an activating group) is 2. The first kappa shape index (κ1) is 34.9. The molecule has 0 fully saturated rings. The standard InChI is InChI=1S/C40H40F2N4O3/c1-45(36(24-29-16-18-34(41)35(42)23-29)38(47)44-20-19-27-9-4-3-5-10-27)40(49)37(25-28-15-17-31-12-6-7-13-32(31)21-28)46(2)39(48)33-14-8-11-30(22-33)26-43/h3-18,21-23,36-37H,19-20,24-26,43H2,1-2H3,(H,44,47)/t36-,37-/m1/s1. The molecular formula is C40H40F2N4O3. The Kier molecular flexibility index (Phi) is 11.5. The lowest BCUT2D eigenvalue weighted by atomic mass is 9.98. The molecule has 5 rings (SSSR count). The molecule has 0 aliphatic heterocycles. The summed E-state index contributed by atoms with van der Waals surface area (Å²) in [6.07, 6.45) is 0.654. The van der Waals surface area contributed by atoms with Crippen LogP contribution >= 0.6 is 0 Å². The van der Waals surface area contributed by atoms with Gasteiger partial charge in [0.05, 0.1) is 0 Å². The molecule has 0 spiro atoms. The van der Waals surface area contributed by atoms with Crippen molar-refractivity contribution in [3.8, 4) is 0 Å². The van der Waals surface area contributed by atoms with Gasteiger partial charge in [-0.25, -0.2) is 8.78 Å². The van der Waals surface area contributed by atoms with Gasteiger partial charge in [-0.05, 0) is 63.7 Å². The monoisotopic (exact) mass is 662 g/mol. The van der Waals surface area contributed by atoms with Crippen LogP contribution in [0.5, 0.6) is 0 Å². The van der Waals surface area contributed by atoms with Crippen LogP contribution in [0.25, 0.3) is 10.8 Å². The van der Waals surface area contributed by atoms with Crippen molar-refractivity contribution >= 4 is 28.5 Å². The van der Waals surface area contributed by atoms with Crippen molar-refractivity contribution < 1.29 is 23.2 Å². The Morgan fingerprint density at radius 3 is 2.04 bits per heavy atom. The molecular weight excluding hydrogens is 622 g/mol. The van der Waals surface area contributed by atoms with Crippen molar-refractivity contribution in [1.82, 2.24) is 15.1 Å². The predicted octanol–water partition coefficient (Wildman–Crippen LogP) is 5.69. The second kappa shape index (κ2) is 16.1. The quantitative estimate of drug-likeness (QED) is 0.170. The minimum absolute atomic E-state index is 0.0739. The molecule has 0 bridgehead atoms. The maximum Gasteiger partial charge on any atom is 0.254 e. The zero-order chi connectivity index (χ0) is 34.9. The van der Waals surface area contributed by atoms with E-state index in [-0.39, 0.29) is 25.3 Å². The van der Waals surface area contributed by atoms with Crippen molar-refractivity contribution in [2.75, 3.05) is 20.6 Å². The molecule has 0 aliphatic rings. The van der Waals surface area contributed by atoms with Gasteiger partial charge in [-0.3, -0.25) is 14.4 Å². The Labute approximate surface area is 285 Å². The summed E-state index contributed by atoms with van der Waals surface area (Å²) in [7, 11) is 3.07. The van der Waals surface area contributed by atoms with Crippen LogP contribution in [-0.4, -0.2) is 60.2 Å². The highest BCUT2D eigenvalue weighted by Crippen LogP contribution is 2.22. The molecule has 3 amide bonds. The summed E-state index contributed by atoms with van der Waals surface area (Å²) in [5.41, 5.74) is 9.17. The van der Waals surface area contributed by atoms with E-state index in [4.69, 9.17) is 5.73 Å². The first-order valence-corrected chi connectivity index (χ1v) is 16.2. The van der Waals surface area contributed by atoms with Crippen LogP contribution in [0.3, 0.4) is 0 Å². The lowest BCUT2D eigenvalue weighted by molar-refractivity contribution is -0.142. The molecule has 5 aromatic carbocycles. The number of fused-ring (bicyclic) bond motifs is 1. The van der Waals surface area contributed by atoms with Crippen LogP contribution in [0.4, 0.5) is 8.78 Å². The molecule has 0 heterocycles. The number of carbonyl (C=O) groups is 3. The van der Waals surface area contributed by atoms with Gasteiger partial charge in [0.2, 0.25) is 11.8 Å². The van der Waals surface area contributed by atoms with E-state index in [2.05, 4.69) is 5.32 Å². The van der Waals surface area contributed by atoms with Crippen molar-refractivity contribution in [3.05, 3.63) is 155 Å². The molecule has 0 aliphatic carbocycles. The second-order valence-electron chi connectivity index (χ2n) is 12.2. The van der Waals surface area contributed by atoms with E-state index in [0.29, 0.717) is 24.1 Å². The average molecular weight is 663 g/mol. The molecule has 0 saturated carbocycles. The van der Waals surface area contributed by atoms with Gasteiger partial charge >= 0.3 is 0 Å². The Morgan fingerprint density at radius 2 is 1.31 bits per heavy atom. The van der Waals surface area contributed by atoms with Crippen LogP contribution in [0.1, 0.15) is 32.6 Å². The topological polar surface area (TPSA) is 95.7 Å². The van der Waals surface area contributed by atoms with Crippen LogP contribution in [0.15, 0.2) is 115 Å². The fourth-order valence-corrected chi connectivity index (χ4v) is 5.93. The summed E-state index contributed by atoms with van der Waals surface area (Å²) < 4.78 is 28.1. The number of carbonyl (C=O) groups excluding carboxylic acids is 3. The lowest BCUT2D eigenvalue weighted by Gasteiger charge is -2.35. The minimum atomic E-state index is -1.09. The summed E-state index contributed by atoms with van der Waals surface area (Å²) in [6, 6.07) is 31.6. The third kappa shape index (κ3) is 8.74. The zero-order valence-corrected chi connectivity index (χ0v) is 27.6. The number of halogens is 2. The van der Waals surface area contributed by atoms with Crippen LogP contribution < -0.4 is 11.1 Å². The molecule has 9 heteroatoms. The molecule has 2 atom stereocenters.